The van der Waals surface area contributed by atoms with Crippen LogP contribution in [-0.4, -0.2) is 66.8 Å². The van der Waals surface area contributed by atoms with Gasteiger partial charge in [-0.3, -0.25) is 19.5 Å². The van der Waals surface area contributed by atoms with Gasteiger partial charge in [0.05, 0.1) is 6.54 Å². The summed E-state index contributed by atoms with van der Waals surface area (Å²) in [7, 11) is 1.75. The molecule has 2 heterocycles. The van der Waals surface area contributed by atoms with Crippen LogP contribution in [0.3, 0.4) is 0 Å². The van der Waals surface area contributed by atoms with Gasteiger partial charge in [-0.15, -0.1) is 0 Å². The fraction of sp³-hybridized carbons (Fsp3) is 0.571. The summed E-state index contributed by atoms with van der Waals surface area (Å²) in [5.41, 5.74) is 7.77. The van der Waals surface area contributed by atoms with E-state index in [9.17, 15) is 9.59 Å². The quantitative estimate of drug-likeness (QED) is 0.350. The lowest BCUT2D eigenvalue weighted by Gasteiger charge is -2.32. The number of guanidine groups is 1. The Kier molecular flexibility index (Phi) is 7.46. The molecule has 1 saturated heterocycles. The van der Waals surface area contributed by atoms with Crippen molar-refractivity contribution in [1.82, 2.24) is 20.4 Å². The molecule has 0 saturated carbocycles. The van der Waals surface area contributed by atoms with Gasteiger partial charge in [0, 0.05) is 52.2 Å². The molecule has 2 aliphatic rings. The highest BCUT2D eigenvalue weighted by Crippen LogP contribution is 2.22. The molecule has 158 valence electrons. The van der Waals surface area contributed by atoms with Crippen LogP contribution in [0.1, 0.15) is 36.8 Å². The number of amides is 2. The Labute approximate surface area is 172 Å². The fourth-order valence-electron chi connectivity index (χ4n) is 3.96. The Hall–Kier alpha value is -2.61. The SMILES string of the molecule is CN=C(NCCCC(=O)N1Cc2ccccc2C1)NC1CCN(CC(N)=O)CC1. The number of likely N-dealkylation sites (tertiary alicyclic amines) is 1. The topological polar surface area (TPSA) is 103 Å². The Morgan fingerprint density at radius 3 is 2.41 bits per heavy atom. The van der Waals surface area contributed by atoms with E-state index in [1.807, 2.05) is 17.0 Å². The lowest BCUT2D eigenvalue weighted by atomic mass is 10.1. The second-order valence-corrected chi connectivity index (χ2v) is 7.78. The predicted molar refractivity (Wildman–Crippen MR) is 113 cm³/mol. The zero-order chi connectivity index (χ0) is 20.6. The first-order chi connectivity index (χ1) is 14.0. The summed E-state index contributed by atoms with van der Waals surface area (Å²) in [5, 5.41) is 6.74. The number of rotatable bonds is 7. The van der Waals surface area contributed by atoms with E-state index in [4.69, 9.17) is 5.73 Å². The molecule has 0 unspecified atom stereocenters. The predicted octanol–water partition coefficient (Wildman–Crippen LogP) is 0.424. The zero-order valence-corrected chi connectivity index (χ0v) is 17.2. The smallest absolute Gasteiger partial charge is 0.231 e. The number of piperidine rings is 1. The van der Waals surface area contributed by atoms with E-state index in [-0.39, 0.29) is 11.8 Å². The van der Waals surface area contributed by atoms with Crippen LogP contribution in [0.2, 0.25) is 0 Å². The number of fused-ring (bicyclic) bond motifs is 1. The molecule has 8 nitrogen and oxygen atoms in total. The van der Waals surface area contributed by atoms with Crippen molar-refractivity contribution >= 4 is 17.8 Å². The molecule has 3 rings (SSSR count). The molecule has 1 aromatic carbocycles. The lowest BCUT2D eigenvalue weighted by molar-refractivity contribution is -0.131. The highest BCUT2D eigenvalue weighted by atomic mass is 16.2. The van der Waals surface area contributed by atoms with Crippen molar-refractivity contribution in [2.45, 2.75) is 44.8 Å². The van der Waals surface area contributed by atoms with Crippen LogP contribution >= 0.6 is 0 Å². The van der Waals surface area contributed by atoms with E-state index in [0.717, 1.165) is 51.4 Å². The van der Waals surface area contributed by atoms with E-state index in [2.05, 4.69) is 32.7 Å². The van der Waals surface area contributed by atoms with Crippen molar-refractivity contribution in [3.05, 3.63) is 35.4 Å². The first-order valence-corrected chi connectivity index (χ1v) is 10.4. The number of nitrogens with zero attached hydrogens (tertiary/aromatic N) is 3. The normalized spacial score (nSPS) is 17.8. The number of nitrogens with two attached hydrogens (primary N) is 1. The van der Waals surface area contributed by atoms with E-state index < -0.39 is 0 Å². The first kappa shape index (κ1) is 21.1. The fourth-order valence-corrected chi connectivity index (χ4v) is 3.96. The highest BCUT2D eigenvalue weighted by Gasteiger charge is 2.23. The number of carbonyl (C=O) groups excluding carboxylic acids is 2. The van der Waals surface area contributed by atoms with Crippen molar-refractivity contribution in [2.24, 2.45) is 10.7 Å². The van der Waals surface area contributed by atoms with Crippen molar-refractivity contribution in [3.8, 4) is 0 Å². The number of hydrogen-bond donors (Lipinski definition) is 3. The van der Waals surface area contributed by atoms with E-state index in [0.29, 0.717) is 25.6 Å². The van der Waals surface area contributed by atoms with E-state index in [1.54, 1.807) is 7.05 Å². The first-order valence-electron chi connectivity index (χ1n) is 10.4. The van der Waals surface area contributed by atoms with Gasteiger partial charge in [0.1, 0.15) is 0 Å². The van der Waals surface area contributed by atoms with Crippen LogP contribution in [0, 0.1) is 0 Å². The minimum absolute atomic E-state index is 0.202. The molecule has 29 heavy (non-hydrogen) atoms. The number of aliphatic imine (C=N–C) groups is 1. The molecule has 4 N–H and O–H groups in total. The molecule has 0 atom stereocenters. The van der Waals surface area contributed by atoms with Crippen LogP contribution in [0.5, 0.6) is 0 Å². The van der Waals surface area contributed by atoms with Gasteiger partial charge in [0.25, 0.3) is 0 Å². The van der Waals surface area contributed by atoms with Gasteiger partial charge in [-0.1, -0.05) is 24.3 Å². The van der Waals surface area contributed by atoms with Crippen molar-refractivity contribution < 1.29 is 9.59 Å². The van der Waals surface area contributed by atoms with Crippen LogP contribution in [0.4, 0.5) is 0 Å². The minimum Gasteiger partial charge on any atom is -0.369 e. The van der Waals surface area contributed by atoms with Crippen LogP contribution in [-0.2, 0) is 22.7 Å². The largest absolute Gasteiger partial charge is 0.369 e. The maximum atomic E-state index is 12.5. The molecule has 0 bridgehead atoms. The number of primary amides is 1. The average molecular weight is 401 g/mol. The second-order valence-electron chi connectivity index (χ2n) is 7.78. The van der Waals surface area contributed by atoms with Crippen LogP contribution in [0.15, 0.2) is 29.3 Å². The summed E-state index contributed by atoms with van der Waals surface area (Å²) in [4.78, 5) is 31.8. The summed E-state index contributed by atoms with van der Waals surface area (Å²) in [5.74, 6) is 0.688. The summed E-state index contributed by atoms with van der Waals surface area (Å²) in [6.07, 6.45) is 3.19. The average Bonchev–Trinajstić information content (AvgIpc) is 3.15. The molecule has 0 aromatic heterocycles. The maximum Gasteiger partial charge on any atom is 0.231 e. The molecule has 8 heteroatoms. The van der Waals surface area contributed by atoms with Crippen LogP contribution in [0.25, 0.3) is 0 Å². The molecule has 0 aliphatic carbocycles. The van der Waals surface area contributed by atoms with Gasteiger partial charge >= 0.3 is 0 Å². The summed E-state index contributed by atoms with van der Waals surface area (Å²) >= 11 is 0. The molecule has 0 spiro atoms. The third-order valence-corrected chi connectivity index (χ3v) is 5.58. The molecular formula is C21H32N6O2. The monoisotopic (exact) mass is 400 g/mol. The number of nitrogens with one attached hydrogen (secondary N) is 2. The Bertz CT molecular complexity index is 717. The molecule has 1 aromatic rings. The van der Waals surface area contributed by atoms with Crippen molar-refractivity contribution in [1.29, 1.82) is 0 Å². The highest BCUT2D eigenvalue weighted by molar-refractivity contribution is 5.80. The van der Waals surface area contributed by atoms with Gasteiger partial charge < -0.3 is 21.3 Å². The van der Waals surface area contributed by atoms with Gasteiger partial charge in [-0.2, -0.15) is 0 Å². The Morgan fingerprint density at radius 2 is 1.83 bits per heavy atom. The third-order valence-electron chi connectivity index (χ3n) is 5.58. The molecule has 2 aliphatic heterocycles. The number of hydrogen-bond acceptors (Lipinski definition) is 4. The second kappa shape index (κ2) is 10.2. The summed E-state index contributed by atoms with van der Waals surface area (Å²) < 4.78 is 0. The number of carbonyl (C=O) groups is 2. The van der Waals surface area contributed by atoms with Crippen LogP contribution < -0.4 is 16.4 Å². The van der Waals surface area contributed by atoms with Gasteiger partial charge in [-0.05, 0) is 30.4 Å². The molecule has 1 fully saturated rings. The van der Waals surface area contributed by atoms with E-state index >= 15 is 0 Å². The molecule has 0 radical (unpaired) electrons. The minimum atomic E-state index is -0.277. The van der Waals surface area contributed by atoms with Gasteiger partial charge in [0.15, 0.2) is 5.96 Å². The van der Waals surface area contributed by atoms with Gasteiger partial charge in [0.2, 0.25) is 11.8 Å². The van der Waals surface area contributed by atoms with Crippen molar-refractivity contribution in [3.63, 3.8) is 0 Å². The maximum absolute atomic E-state index is 12.5. The zero-order valence-electron chi connectivity index (χ0n) is 17.2. The third kappa shape index (κ3) is 6.19. The standard InChI is InChI=1S/C21H32N6O2/c1-23-21(25-18-8-11-26(12-9-18)15-19(22)28)24-10-4-7-20(29)27-13-16-5-2-3-6-17(16)14-27/h2-3,5-6,18H,4,7-15H2,1H3,(H2,22,28)(H2,23,24,25). The lowest BCUT2D eigenvalue weighted by Crippen LogP contribution is -2.50. The van der Waals surface area contributed by atoms with Gasteiger partial charge in [-0.25, -0.2) is 0 Å². The van der Waals surface area contributed by atoms with Crippen molar-refractivity contribution in [2.75, 3.05) is 33.2 Å². The summed E-state index contributed by atoms with van der Waals surface area (Å²) in [6, 6.07) is 8.57. The Morgan fingerprint density at radius 1 is 1.17 bits per heavy atom. The molecule has 2 amide bonds. The molecular weight excluding hydrogens is 368 g/mol. The van der Waals surface area contributed by atoms with E-state index in [1.165, 1.54) is 11.1 Å². The summed E-state index contributed by atoms with van der Waals surface area (Å²) in [6.45, 7) is 4.18. The number of benzene rings is 1. The Balaban J connectivity index is 1.31.